The quantitative estimate of drug-likeness (QED) is 0.829. The Kier molecular flexibility index (Phi) is 4.86. The molecule has 1 aromatic carbocycles. The molecule has 0 bridgehead atoms. The van der Waals surface area contributed by atoms with E-state index < -0.39 is 0 Å². The molecule has 2 aromatic rings. The summed E-state index contributed by atoms with van der Waals surface area (Å²) in [4.78, 5) is 16.3. The van der Waals surface area contributed by atoms with Gasteiger partial charge in [0, 0.05) is 18.0 Å². The van der Waals surface area contributed by atoms with Gasteiger partial charge in [0.05, 0.1) is 4.88 Å². The summed E-state index contributed by atoms with van der Waals surface area (Å²) in [5.74, 6) is 1.67. The number of fused-ring (bicyclic) bond motifs is 1. The predicted octanol–water partition coefficient (Wildman–Crippen LogP) is 4.06. The number of hydrogen-bond donors (Lipinski definition) is 0. The first-order valence-corrected chi connectivity index (χ1v) is 8.83. The van der Waals surface area contributed by atoms with Crippen LogP contribution in [0.2, 0.25) is 0 Å². The maximum absolute atomic E-state index is 12.5. The summed E-state index contributed by atoms with van der Waals surface area (Å²) in [7, 11) is 0. The number of thiophene rings is 1. The first kappa shape index (κ1) is 15.9. The summed E-state index contributed by atoms with van der Waals surface area (Å²) in [6.07, 6.45) is 0.972. The highest BCUT2D eigenvalue weighted by Crippen LogP contribution is 2.37. The Hall–Kier alpha value is -2.01. The molecule has 23 heavy (non-hydrogen) atoms. The molecule has 5 heteroatoms. The fourth-order valence-electron chi connectivity index (χ4n) is 2.63. The number of ether oxygens (including phenoxy) is 2. The number of amides is 1. The second-order valence-corrected chi connectivity index (χ2v) is 6.49. The normalized spacial score (nSPS) is 13.0. The van der Waals surface area contributed by atoms with Crippen molar-refractivity contribution in [2.75, 3.05) is 26.3 Å². The summed E-state index contributed by atoms with van der Waals surface area (Å²) < 4.78 is 11.2. The minimum Gasteiger partial charge on any atom is -0.486 e. The largest absolute Gasteiger partial charge is 0.486 e. The van der Waals surface area contributed by atoms with Crippen molar-refractivity contribution in [1.29, 1.82) is 0 Å². The van der Waals surface area contributed by atoms with Crippen molar-refractivity contribution in [1.82, 2.24) is 4.90 Å². The number of nitrogens with zero attached hydrogens (tertiary/aromatic N) is 1. The lowest BCUT2D eigenvalue weighted by Crippen LogP contribution is -2.30. The maximum Gasteiger partial charge on any atom is 0.263 e. The molecular formula is C18H21NO3S. The third-order valence-corrected chi connectivity index (χ3v) is 4.93. The molecule has 3 rings (SSSR count). The molecule has 122 valence electrons. The molecular weight excluding hydrogens is 310 g/mol. The highest BCUT2D eigenvalue weighted by molar-refractivity contribution is 7.17. The first-order chi connectivity index (χ1) is 11.2. The van der Waals surface area contributed by atoms with E-state index >= 15 is 0 Å². The highest BCUT2D eigenvalue weighted by Gasteiger charge is 2.17. The molecule has 0 spiro atoms. The first-order valence-electron chi connectivity index (χ1n) is 8.02. The lowest BCUT2D eigenvalue weighted by molar-refractivity contribution is 0.0769. The number of carbonyl (C=O) groups is 1. The molecule has 0 saturated heterocycles. The Morgan fingerprint density at radius 3 is 2.65 bits per heavy atom. The second kappa shape index (κ2) is 7.04. The molecule has 2 heterocycles. The third-order valence-electron chi connectivity index (χ3n) is 3.81. The van der Waals surface area contributed by atoms with Crippen LogP contribution in [0.3, 0.4) is 0 Å². The van der Waals surface area contributed by atoms with Crippen molar-refractivity contribution in [2.24, 2.45) is 0 Å². The Labute approximate surface area is 140 Å². The van der Waals surface area contributed by atoms with E-state index in [1.165, 1.54) is 11.3 Å². The van der Waals surface area contributed by atoms with Crippen LogP contribution in [0, 0.1) is 0 Å². The topological polar surface area (TPSA) is 38.8 Å². The number of carbonyl (C=O) groups excluding carboxylic acids is 1. The summed E-state index contributed by atoms with van der Waals surface area (Å²) in [5, 5.41) is 0. The van der Waals surface area contributed by atoms with Crippen LogP contribution in [-0.4, -0.2) is 37.1 Å². The van der Waals surface area contributed by atoms with Crippen LogP contribution in [0.4, 0.5) is 0 Å². The molecule has 0 unspecified atom stereocenters. The van der Waals surface area contributed by atoms with Crippen molar-refractivity contribution in [3.8, 4) is 21.9 Å². The second-order valence-electron chi connectivity index (χ2n) is 5.41. The van der Waals surface area contributed by atoms with Crippen LogP contribution in [0.15, 0.2) is 30.3 Å². The van der Waals surface area contributed by atoms with E-state index in [2.05, 4.69) is 6.92 Å². The van der Waals surface area contributed by atoms with Gasteiger partial charge >= 0.3 is 0 Å². The average molecular weight is 331 g/mol. The van der Waals surface area contributed by atoms with E-state index in [9.17, 15) is 4.79 Å². The Morgan fingerprint density at radius 1 is 1.13 bits per heavy atom. The smallest absolute Gasteiger partial charge is 0.263 e. The Bertz CT molecular complexity index is 695. The van der Waals surface area contributed by atoms with Crippen LogP contribution >= 0.6 is 11.3 Å². The van der Waals surface area contributed by atoms with Gasteiger partial charge in [-0.15, -0.1) is 11.3 Å². The van der Waals surface area contributed by atoms with E-state index in [1.54, 1.807) is 0 Å². The summed E-state index contributed by atoms with van der Waals surface area (Å²) in [5.41, 5.74) is 1.05. The standard InChI is InChI=1S/C18H21NO3S/c1-3-9-19(4-2)18(20)17-8-7-16(23-17)13-5-6-14-15(12-13)22-11-10-21-14/h5-8,12H,3-4,9-11H2,1-2H3. The predicted molar refractivity (Wildman–Crippen MR) is 92.6 cm³/mol. The van der Waals surface area contributed by atoms with Gasteiger partial charge in [0.15, 0.2) is 11.5 Å². The molecule has 0 saturated carbocycles. The van der Waals surface area contributed by atoms with Crippen LogP contribution in [0.5, 0.6) is 11.5 Å². The molecule has 0 fully saturated rings. The van der Waals surface area contributed by atoms with Crippen molar-refractivity contribution >= 4 is 17.2 Å². The third kappa shape index (κ3) is 3.34. The lowest BCUT2D eigenvalue weighted by Gasteiger charge is -2.19. The molecule has 0 aliphatic carbocycles. The van der Waals surface area contributed by atoms with Crippen LogP contribution in [-0.2, 0) is 0 Å². The minimum absolute atomic E-state index is 0.114. The van der Waals surface area contributed by atoms with Crippen LogP contribution in [0.25, 0.3) is 10.4 Å². The number of benzene rings is 1. The zero-order chi connectivity index (χ0) is 16.2. The molecule has 1 aliphatic rings. The molecule has 1 aliphatic heterocycles. The van der Waals surface area contributed by atoms with Crippen molar-refractivity contribution in [3.05, 3.63) is 35.2 Å². The molecule has 1 aromatic heterocycles. The fraction of sp³-hybridized carbons (Fsp3) is 0.389. The van der Waals surface area contributed by atoms with Gasteiger partial charge in [0.1, 0.15) is 13.2 Å². The van der Waals surface area contributed by atoms with E-state index in [0.29, 0.717) is 13.2 Å². The number of hydrogen-bond acceptors (Lipinski definition) is 4. The molecule has 0 N–H and O–H groups in total. The lowest BCUT2D eigenvalue weighted by atomic mass is 10.1. The molecule has 0 radical (unpaired) electrons. The number of rotatable bonds is 5. The maximum atomic E-state index is 12.5. The van der Waals surface area contributed by atoms with Gasteiger partial charge in [0.25, 0.3) is 5.91 Å². The fourth-order valence-corrected chi connectivity index (χ4v) is 3.60. The van der Waals surface area contributed by atoms with Gasteiger partial charge in [-0.25, -0.2) is 0 Å². The van der Waals surface area contributed by atoms with Crippen molar-refractivity contribution in [2.45, 2.75) is 20.3 Å². The highest BCUT2D eigenvalue weighted by atomic mass is 32.1. The summed E-state index contributed by atoms with van der Waals surface area (Å²) in [6, 6.07) is 9.84. The molecule has 4 nitrogen and oxygen atoms in total. The minimum atomic E-state index is 0.114. The Balaban J connectivity index is 1.83. The summed E-state index contributed by atoms with van der Waals surface area (Å²) in [6.45, 7) is 6.81. The van der Waals surface area contributed by atoms with Crippen molar-refractivity contribution < 1.29 is 14.3 Å². The van der Waals surface area contributed by atoms with Crippen LogP contribution in [0.1, 0.15) is 29.9 Å². The van der Waals surface area contributed by atoms with E-state index in [-0.39, 0.29) is 5.91 Å². The average Bonchev–Trinajstić information content (AvgIpc) is 3.08. The SMILES string of the molecule is CCCN(CC)C(=O)c1ccc(-c2ccc3c(c2)OCCO3)s1. The molecule has 0 atom stereocenters. The van der Waals surface area contributed by atoms with Gasteiger partial charge in [-0.05, 0) is 49.2 Å². The van der Waals surface area contributed by atoms with Gasteiger partial charge in [-0.1, -0.05) is 6.92 Å². The monoisotopic (exact) mass is 331 g/mol. The van der Waals surface area contributed by atoms with E-state index in [4.69, 9.17) is 9.47 Å². The summed E-state index contributed by atoms with van der Waals surface area (Å²) >= 11 is 1.53. The van der Waals surface area contributed by atoms with Gasteiger partial charge in [0.2, 0.25) is 0 Å². The van der Waals surface area contributed by atoms with Gasteiger partial charge < -0.3 is 14.4 Å². The zero-order valence-electron chi connectivity index (χ0n) is 13.5. The van der Waals surface area contributed by atoms with E-state index in [0.717, 1.165) is 46.3 Å². The van der Waals surface area contributed by atoms with Crippen molar-refractivity contribution in [3.63, 3.8) is 0 Å². The molecule has 1 amide bonds. The van der Waals surface area contributed by atoms with Gasteiger partial charge in [-0.2, -0.15) is 0 Å². The Morgan fingerprint density at radius 2 is 1.91 bits per heavy atom. The van der Waals surface area contributed by atoms with E-state index in [1.807, 2.05) is 42.2 Å². The van der Waals surface area contributed by atoms with Crippen LogP contribution < -0.4 is 9.47 Å². The van der Waals surface area contributed by atoms with Gasteiger partial charge in [-0.3, -0.25) is 4.79 Å². The zero-order valence-corrected chi connectivity index (χ0v) is 14.3.